The Kier molecular flexibility index (Phi) is 6.73. The van der Waals surface area contributed by atoms with Gasteiger partial charge in [0.1, 0.15) is 17.0 Å². The van der Waals surface area contributed by atoms with Crippen molar-refractivity contribution in [1.82, 2.24) is 24.8 Å². The van der Waals surface area contributed by atoms with E-state index in [0.29, 0.717) is 38.6 Å². The molecule has 0 spiro atoms. The minimum atomic E-state index is -3.57. The molecule has 2 N–H and O–H groups in total. The Morgan fingerprint density at radius 3 is 2.62 bits per heavy atom. The lowest BCUT2D eigenvalue weighted by atomic mass is 9.96. The molecule has 1 aliphatic rings. The zero-order valence-corrected chi connectivity index (χ0v) is 23.4. The van der Waals surface area contributed by atoms with Gasteiger partial charge in [0.2, 0.25) is 16.0 Å². The van der Waals surface area contributed by atoms with Crippen LogP contribution in [0.25, 0.3) is 11.0 Å². The van der Waals surface area contributed by atoms with Crippen LogP contribution in [0.4, 0.5) is 28.8 Å². The molecule has 0 saturated heterocycles. The predicted octanol–water partition coefficient (Wildman–Crippen LogP) is 4.36. The van der Waals surface area contributed by atoms with Gasteiger partial charge in [-0.15, -0.1) is 0 Å². The summed E-state index contributed by atoms with van der Waals surface area (Å²) in [5.41, 5.74) is 6.66. The van der Waals surface area contributed by atoms with Crippen molar-refractivity contribution in [2.45, 2.75) is 19.9 Å². The maximum atomic E-state index is 12.5. The molecule has 0 atom stereocenters. The molecule has 0 amide bonds. The number of nitrogens with one attached hydrogen (secondary N) is 2. The summed E-state index contributed by atoms with van der Waals surface area (Å²) in [5.74, 6) is 0.885. The first-order chi connectivity index (χ1) is 17.6. The lowest BCUT2D eigenvalue weighted by Crippen LogP contribution is -2.26. The Labute approximate surface area is 224 Å². The first kappa shape index (κ1) is 25.3. The maximum Gasteiger partial charge on any atom is 0.232 e. The minimum Gasteiger partial charge on any atom is -0.337 e. The van der Waals surface area contributed by atoms with E-state index in [1.807, 2.05) is 0 Å². The fraction of sp³-hybridized carbons (Fsp3) is 0.280. The second-order valence-corrected chi connectivity index (χ2v) is 12.0. The van der Waals surface area contributed by atoms with E-state index in [4.69, 9.17) is 0 Å². The van der Waals surface area contributed by atoms with Crippen LogP contribution in [-0.2, 0) is 23.0 Å². The number of sulfonamides is 1. The van der Waals surface area contributed by atoms with Gasteiger partial charge in [0.15, 0.2) is 0 Å². The van der Waals surface area contributed by atoms with Gasteiger partial charge in [-0.2, -0.15) is 4.98 Å². The molecule has 0 unspecified atom stereocenters. The van der Waals surface area contributed by atoms with Crippen LogP contribution in [0, 0.1) is 6.92 Å². The second kappa shape index (κ2) is 9.84. The topological polar surface area (TPSA) is 116 Å². The highest BCUT2D eigenvalue weighted by Crippen LogP contribution is 2.36. The van der Waals surface area contributed by atoms with Crippen molar-refractivity contribution >= 4 is 65.8 Å². The van der Waals surface area contributed by atoms with Crippen molar-refractivity contribution in [1.29, 1.82) is 0 Å². The number of anilines is 5. The van der Waals surface area contributed by atoms with E-state index in [2.05, 4.69) is 77.5 Å². The molecule has 0 saturated carbocycles. The number of halogens is 1. The van der Waals surface area contributed by atoms with Crippen molar-refractivity contribution in [2.24, 2.45) is 0 Å². The van der Waals surface area contributed by atoms with E-state index in [1.54, 1.807) is 24.5 Å². The van der Waals surface area contributed by atoms with Crippen LogP contribution in [0.1, 0.15) is 16.7 Å². The summed E-state index contributed by atoms with van der Waals surface area (Å²) in [6, 6.07) is 7.94. The van der Waals surface area contributed by atoms with Gasteiger partial charge in [-0.05, 0) is 71.2 Å². The largest absolute Gasteiger partial charge is 0.337 e. The van der Waals surface area contributed by atoms with E-state index in [9.17, 15) is 8.42 Å². The number of hydrogen-bond donors (Lipinski definition) is 2. The molecular formula is C25H27BrN8O2S. The zero-order valence-electron chi connectivity index (χ0n) is 20.9. The van der Waals surface area contributed by atoms with Crippen LogP contribution in [0.5, 0.6) is 0 Å². The van der Waals surface area contributed by atoms with Crippen LogP contribution in [-0.4, -0.2) is 60.1 Å². The molecule has 3 heterocycles. The first-order valence-electron chi connectivity index (χ1n) is 11.7. The first-order valence-corrected chi connectivity index (χ1v) is 14.3. The second-order valence-electron chi connectivity index (χ2n) is 9.18. The Morgan fingerprint density at radius 2 is 1.84 bits per heavy atom. The number of rotatable bonds is 6. The molecule has 37 heavy (non-hydrogen) atoms. The summed E-state index contributed by atoms with van der Waals surface area (Å²) in [6.45, 7) is 4.03. The Balaban J connectivity index is 1.51. The smallest absolute Gasteiger partial charge is 0.232 e. The average molecular weight is 584 g/mol. The lowest BCUT2D eigenvalue weighted by Gasteiger charge is -2.26. The van der Waals surface area contributed by atoms with E-state index >= 15 is 0 Å². The van der Waals surface area contributed by atoms with E-state index < -0.39 is 10.0 Å². The molecule has 0 aliphatic carbocycles. The van der Waals surface area contributed by atoms with Crippen molar-refractivity contribution in [3.63, 3.8) is 0 Å². The summed E-state index contributed by atoms with van der Waals surface area (Å²) < 4.78 is 26.7. The molecule has 1 aliphatic heterocycles. The fourth-order valence-corrected chi connectivity index (χ4v) is 5.19. The molecule has 4 aromatic rings. The summed E-state index contributed by atoms with van der Waals surface area (Å²) in [4.78, 5) is 20.1. The minimum absolute atomic E-state index is 0.378. The van der Waals surface area contributed by atoms with Gasteiger partial charge < -0.3 is 15.5 Å². The standard InChI is InChI=1S/C25H27BrN8O2S/c1-15-11-16-7-10-33(2)14-17(16)12-21(15)31-25-29-13-18(26)24(32-25)30-20-6-5-19-22(28-9-8-27-19)23(20)34(3)37(4,35)36/h5-6,8-9,11-13H,7,10,14H2,1-4H3,(H2,29,30,31,32). The molecule has 0 bridgehead atoms. The number of aryl methyl sites for hydroxylation is 1. The molecular weight excluding hydrogens is 556 g/mol. The highest BCUT2D eigenvalue weighted by atomic mass is 79.9. The van der Waals surface area contributed by atoms with Crippen molar-refractivity contribution in [2.75, 3.05) is 41.8 Å². The molecule has 192 valence electrons. The summed E-state index contributed by atoms with van der Waals surface area (Å²) in [6.07, 6.45) is 6.94. The summed E-state index contributed by atoms with van der Waals surface area (Å²) >= 11 is 3.51. The highest BCUT2D eigenvalue weighted by Gasteiger charge is 2.22. The van der Waals surface area contributed by atoms with Crippen molar-refractivity contribution < 1.29 is 8.42 Å². The third kappa shape index (κ3) is 5.22. The molecule has 2 aromatic carbocycles. The molecule has 12 heteroatoms. The van der Waals surface area contributed by atoms with Gasteiger partial charge in [0, 0.05) is 44.4 Å². The Hall–Kier alpha value is -3.35. The third-order valence-corrected chi connectivity index (χ3v) is 8.18. The van der Waals surface area contributed by atoms with Crippen molar-refractivity contribution in [3.05, 3.63) is 64.0 Å². The Bertz CT molecular complexity index is 1610. The van der Waals surface area contributed by atoms with Crippen LogP contribution >= 0.6 is 15.9 Å². The molecule has 0 radical (unpaired) electrons. The van der Waals surface area contributed by atoms with Gasteiger partial charge >= 0.3 is 0 Å². The SMILES string of the molecule is Cc1cc2c(cc1Nc1ncc(Br)c(Nc3ccc4nccnc4c3N(C)S(C)(=O)=O)n1)CN(C)CC2. The molecule has 0 fully saturated rings. The van der Waals surface area contributed by atoms with E-state index in [0.717, 1.165) is 37.0 Å². The van der Waals surface area contributed by atoms with Crippen molar-refractivity contribution in [3.8, 4) is 0 Å². The monoisotopic (exact) mass is 582 g/mol. The van der Waals surface area contributed by atoms with Gasteiger partial charge in [0.05, 0.1) is 21.9 Å². The average Bonchev–Trinajstić information content (AvgIpc) is 2.85. The normalized spacial score (nSPS) is 13.9. The van der Waals surface area contributed by atoms with Crippen LogP contribution in [0.3, 0.4) is 0 Å². The number of likely N-dealkylation sites (N-methyl/N-ethyl adjacent to an activating group) is 1. The molecule has 2 aromatic heterocycles. The maximum absolute atomic E-state index is 12.5. The molecule has 5 rings (SSSR count). The van der Waals surface area contributed by atoms with Crippen LogP contribution in [0.15, 0.2) is 47.3 Å². The van der Waals surface area contributed by atoms with Gasteiger partial charge in [-0.1, -0.05) is 6.07 Å². The number of aromatic nitrogens is 4. The predicted molar refractivity (Wildman–Crippen MR) is 150 cm³/mol. The number of fused-ring (bicyclic) bond motifs is 2. The summed E-state index contributed by atoms with van der Waals surface area (Å²) in [5, 5.41) is 6.62. The lowest BCUT2D eigenvalue weighted by molar-refractivity contribution is 0.313. The van der Waals surface area contributed by atoms with Crippen LogP contribution in [0.2, 0.25) is 0 Å². The quantitative estimate of drug-likeness (QED) is 0.342. The molecule has 10 nitrogen and oxygen atoms in total. The number of benzene rings is 2. The highest BCUT2D eigenvalue weighted by molar-refractivity contribution is 9.10. The van der Waals surface area contributed by atoms with E-state index in [1.165, 1.54) is 28.7 Å². The Morgan fingerprint density at radius 1 is 1.05 bits per heavy atom. The van der Waals surface area contributed by atoms with Gasteiger partial charge in [-0.3, -0.25) is 14.3 Å². The number of nitrogens with zero attached hydrogens (tertiary/aromatic N) is 6. The van der Waals surface area contributed by atoms with Gasteiger partial charge in [-0.25, -0.2) is 13.4 Å². The zero-order chi connectivity index (χ0) is 26.3. The van der Waals surface area contributed by atoms with Crippen LogP contribution < -0.4 is 14.9 Å². The fourth-order valence-electron chi connectivity index (χ4n) is 4.38. The summed E-state index contributed by atoms with van der Waals surface area (Å²) in [7, 11) is 0.0407. The number of hydrogen-bond acceptors (Lipinski definition) is 9. The van der Waals surface area contributed by atoms with E-state index in [-0.39, 0.29) is 0 Å². The van der Waals surface area contributed by atoms with Gasteiger partial charge in [0.25, 0.3) is 0 Å². The third-order valence-electron chi connectivity index (χ3n) is 6.42.